The van der Waals surface area contributed by atoms with Gasteiger partial charge in [0.05, 0.1) is 28.9 Å². The number of hydrogen-bond donors (Lipinski definition) is 2. The number of anilines is 1. The van der Waals surface area contributed by atoms with E-state index in [1.807, 2.05) is 74.5 Å². The summed E-state index contributed by atoms with van der Waals surface area (Å²) >= 11 is 3.56. The molecule has 0 unspecified atom stereocenters. The number of aromatic hydroxyl groups is 1. The third kappa shape index (κ3) is 4.30. The van der Waals surface area contributed by atoms with E-state index in [0.29, 0.717) is 40.7 Å². The zero-order valence-electron chi connectivity index (χ0n) is 25.1. The highest BCUT2D eigenvalue weighted by molar-refractivity contribution is 9.10. The van der Waals surface area contributed by atoms with E-state index in [4.69, 9.17) is 0 Å². The zero-order chi connectivity index (χ0) is 31.6. The second-order valence-corrected chi connectivity index (χ2v) is 13.5. The average molecular weight is 669 g/mol. The normalized spacial score (nSPS) is 29.0. The van der Waals surface area contributed by atoms with E-state index in [-0.39, 0.29) is 24.0 Å². The van der Waals surface area contributed by atoms with Crippen LogP contribution in [0.1, 0.15) is 48.8 Å². The topological polar surface area (TPSA) is 107 Å². The van der Waals surface area contributed by atoms with Crippen molar-refractivity contribution < 1.29 is 24.3 Å². The minimum absolute atomic E-state index is 0.00689. The van der Waals surface area contributed by atoms with Crippen LogP contribution in [0, 0.1) is 30.6 Å². The van der Waals surface area contributed by atoms with E-state index in [0.717, 1.165) is 16.1 Å². The van der Waals surface area contributed by atoms with Crippen molar-refractivity contribution >= 4 is 45.2 Å². The number of benzene rings is 3. The summed E-state index contributed by atoms with van der Waals surface area (Å²) in [6, 6.07) is 21.9. The Kier molecular flexibility index (Phi) is 7.19. The first-order valence-electron chi connectivity index (χ1n) is 15.5. The molecule has 0 radical (unpaired) electrons. The first-order valence-corrected chi connectivity index (χ1v) is 16.3. The van der Waals surface area contributed by atoms with Gasteiger partial charge in [0.1, 0.15) is 5.75 Å². The van der Waals surface area contributed by atoms with Crippen LogP contribution in [0.25, 0.3) is 0 Å². The number of nitrogens with zero attached hydrogens (tertiary/aromatic N) is 2. The molecule has 3 aromatic rings. The number of carbonyl (C=O) groups is 4. The van der Waals surface area contributed by atoms with Crippen molar-refractivity contribution in [3.8, 4) is 5.75 Å². The number of rotatable bonds is 6. The number of likely N-dealkylation sites (tertiary alicyclic amines) is 1. The Hall–Kier alpha value is -4.24. The number of allylic oxidation sites excluding steroid dienone is 2. The van der Waals surface area contributed by atoms with Crippen molar-refractivity contribution in [3.63, 3.8) is 0 Å². The SMILES string of the molecule is CCCN1C(=O)[C@H]2[C@H](CC=C3[C@H]2C[C@H]2C(=O)N(Nc4ccc(C)cc4)C(=O)[C@@]2(c2ccccc2)[C@H]3c2cc(Br)ccc2O)C1=O. The third-order valence-corrected chi connectivity index (χ3v) is 10.7. The molecule has 45 heavy (non-hydrogen) atoms. The number of amides is 4. The van der Waals surface area contributed by atoms with Crippen LogP contribution in [0.3, 0.4) is 0 Å². The lowest BCUT2D eigenvalue weighted by molar-refractivity contribution is -0.141. The van der Waals surface area contributed by atoms with Gasteiger partial charge >= 0.3 is 0 Å². The van der Waals surface area contributed by atoms with Gasteiger partial charge in [-0.25, -0.2) is 0 Å². The fourth-order valence-electron chi connectivity index (χ4n) is 8.36. The molecular weight excluding hydrogens is 634 g/mol. The number of fused-ring (bicyclic) bond motifs is 4. The van der Waals surface area contributed by atoms with Crippen LogP contribution in [0.4, 0.5) is 5.69 Å². The third-order valence-electron chi connectivity index (χ3n) is 10.2. The number of nitrogens with one attached hydrogen (secondary N) is 1. The molecule has 0 aromatic heterocycles. The first kappa shape index (κ1) is 29.5. The summed E-state index contributed by atoms with van der Waals surface area (Å²) in [6.45, 7) is 4.25. The highest BCUT2D eigenvalue weighted by Gasteiger charge is 2.70. The van der Waals surface area contributed by atoms with Crippen molar-refractivity contribution in [2.24, 2.45) is 23.7 Å². The lowest BCUT2D eigenvalue weighted by Gasteiger charge is -2.50. The molecule has 7 rings (SSSR count). The van der Waals surface area contributed by atoms with Gasteiger partial charge in [-0.05, 0) is 68.0 Å². The molecule has 1 saturated carbocycles. The summed E-state index contributed by atoms with van der Waals surface area (Å²) < 4.78 is 0.708. The molecular formula is C36H34BrN3O5. The zero-order valence-corrected chi connectivity index (χ0v) is 26.7. The Morgan fingerprint density at radius 3 is 2.38 bits per heavy atom. The van der Waals surface area contributed by atoms with Gasteiger partial charge in [-0.3, -0.25) is 29.5 Å². The van der Waals surface area contributed by atoms with Crippen LogP contribution < -0.4 is 5.43 Å². The Morgan fingerprint density at radius 2 is 1.67 bits per heavy atom. The number of imide groups is 2. The number of phenolic OH excluding ortho intramolecular Hbond substituents is 1. The van der Waals surface area contributed by atoms with Crippen LogP contribution in [0.2, 0.25) is 0 Å². The van der Waals surface area contributed by atoms with E-state index in [2.05, 4.69) is 21.4 Å². The van der Waals surface area contributed by atoms with Gasteiger partial charge in [0.25, 0.3) is 11.8 Å². The molecule has 2 heterocycles. The summed E-state index contributed by atoms with van der Waals surface area (Å²) in [5.74, 6) is -4.42. The molecule has 4 amide bonds. The van der Waals surface area contributed by atoms with Crippen molar-refractivity contribution in [3.05, 3.63) is 106 Å². The van der Waals surface area contributed by atoms with E-state index >= 15 is 4.79 Å². The summed E-state index contributed by atoms with van der Waals surface area (Å²) in [4.78, 5) is 58.4. The van der Waals surface area contributed by atoms with E-state index in [9.17, 15) is 19.5 Å². The maximum atomic E-state index is 15.1. The largest absolute Gasteiger partial charge is 0.508 e. The van der Waals surface area contributed by atoms with E-state index in [1.165, 1.54) is 4.90 Å². The Morgan fingerprint density at radius 1 is 0.933 bits per heavy atom. The summed E-state index contributed by atoms with van der Waals surface area (Å²) in [6.07, 6.45) is 3.24. The smallest absolute Gasteiger partial charge is 0.260 e. The summed E-state index contributed by atoms with van der Waals surface area (Å²) in [5, 5.41) is 12.6. The molecule has 9 heteroatoms. The quantitative estimate of drug-likeness (QED) is 0.252. The van der Waals surface area contributed by atoms with Crippen molar-refractivity contribution in [1.82, 2.24) is 9.91 Å². The van der Waals surface area contributed by atoms with E-state index in [1.54, 1.807) is 18.2 Å². The van der Waals surface area contributed by atoms with Gasteiger partial charge in [0.2, 0.25) is 11.8 Å². The van der Waals surface area contributed by atoms with Crippen molar-refractivity contribution in [2.75, 3.05) is 12.0 Å². The fraction of sp³-hybridized carbons (Fsp3) is 0.333. The van der Waals surface area contributed by atoms with Gasteiger partial charge < -0.3 is 5.11 Å². The molecule has 230 valence electrons. The van der Waals surface area contributed by atoms with Gasteiger partial charge in [0.15, 0.2) is 0 Å². The molecule has 4 aliphatic rings. The molecule has 6 atom stereocenters. The Bertz CT molecular complexity index is 1760. The van der Waals surface area contributed by atoms with Gasteiger partial charge in [-0.15, -0.1) is 0 Å². The van der Waals surface area contributed by atoms with E-state index < -0.39 is 46.8 Å². The summed E-state index contributed by atoms with van der Waals surface area (Å²) in [7, 11) is 0. The molecule has 2 saturated heterocycles. The van der Waals surface area contributed by atoms with Crippen molar-refractivity contribution in [1.29, 1.82) is 0 Å². The van der Waals surface area contributed by atoms with Gasteiger partial charge in [-0.1, -0.05) is 82.5 Å². The van der Waals surface area contributed by atoms with Crippen molar-refractivity contribution in [2.45, 2.75) is 44.4 Å². The van der Waals surface area contributed by atoms with Crippen LogP contribution in [-0.2, 0) is 24.6 Å². The number of hydrazine groups is 1. The summed E-state index contributed by atoms with van der Waals surface area (Å²) in [5.41, 5.74) is 5.29. The molecule has 2 aliphatic carbocycles. The minimum Gasteiger partial charge on any atom is -0.508 e. The maximum absolute atomic E-state index is 15.1. The van der Waals surface area contributed by atoms with Crippen LogP contribution in [0.15, 0.2) is 88.9 Å². The van der Waals surface area contributed by atoms with Crippen LogP contribution in [-0.4, -0.2) is 45.2 Å². The lowest BCUT2D eigenvalue weighted by atomic mass is 9.49. The standard InChI is InChI=1S/C36H34BrN3O5/c1-3-17-39-32(42)25-15-14-24-26(30(25)34(39)44)19-28-33(43)40(38-23-12-9-20(2)10-13-23)35(45)36(28,21-7-5-4-6-8-21)31(24)27-18-22(37)11-16-29(27)41/h4-14,16,18,25-26,28,30-31,38,41H,3,15,17,19H2,1-2H3/t25-,26+,28-,30-,31+,36+/m0/s1. The molecule has 3 aromatic carbocycles. The first-order chi connectivity index (χ1) is 21.7. The number of phenols is 1. The monoisotopic (exact) mass is 667 g/mol. The highest BCUT2D eigenvalue weighted by atomic mass is 79.9. The number of hydrogen-bond acceptors (Lipinski definition) is 6. The molecule has 2 N–H and O–H groups in total. The van der Waals surface area contributed by atoms with Gasteiger partial charge in [0, 0.05) is 22.5 Å². The predicted molar refractivity (Wildman–Crippen MR) is 172 cm³/mol. The number of carbonyl (C=O) groups excluding carboxylic acids is 4. The van der Waals surface area contributed by atoms with Gasteiger partial charge in [-0.2, -0.15) is 5.01 Å². The highest BCUT2D eigenvalue weighted by Crippen LogP contribution is 2.65. The molecule has 0 bridgehead atoms. The molecule has 2 aliphatic heterocycles. The van der Waals surface area contributed by atoms with Crippen LogP contribution >= 0.6 is 15.9 Å². The number of halogens is 1. The second kappa shape index (κ2) is 11.0. The average Bonchev–Trinajstić information content (AvgIpc) is 3.41. The minimum atomic E-state index is -1.42. The Balaban J connectivity index is 1.46. The predicted octanol–water partition coefficient (Wildman–Crippen LogP) is 5.86. The maximum Gasteiger partial charge on any atom is 0.260 e. The molecule has 3 fully saturated rings. The second-order valence-electron chi connectivity index (χ2n) is 12.6. The van der Waals surface area contributed by atoms with Crippen LogP contribution in [0.5, 0.6) is 5.75 Å². The molecule has 8 nitrogen and oxygen atoms in total. The Labute approximate surface area is 270 Å². The fourth-order valence-corrected chi connectivity index (χ4v) is 8.74. The lowest BCUT2D eigenvalue weighted by Crippen LogP contribution is -2.53. The number of aryl methyl sites for hydroxylation is 1. The molecule has 0 spiro atoms.